The van der Waals surface area contributed by atoms with Crippen LogP contribution in [0.25, 0.3) is 0 Å². The predicted octanol–water partition coefficient (Wildman–Crippen LogP) is 2.05. The van der Waals surface area contributed by atoms with Gasteiger partial charge in [0.15, 0.2) is 17.8 Å². The quantitative estimate of drug-likeness (QED) is 0.835. The molecule has 1 fully saturated rings. The van der Waals surface area contributed by atoms with Crippen molar-refractivity contribution in [3.8, 4) is 0 Å². The molecule has 6 heteroatoms. The van der Waals surface area contributed by atoms with Gasteiger partial charge in [0.05, 0.1) is 13.7 Å². The van der Waals surface area contributed by atoms with Crippen molar-refractivity contribution in [3.05, 3.63) is 17.8 Å². The van der Waals surface area contributed by atoms with Crippen molar-refractivity contribution in [1.29, 1.82) is 0 Å². The van der Waals surface area contributed by atoms with Crippen LogP contribution >= 0.6 is 0 Å². The van der Waals surface area contributed by atoms with Crippen LogP contribution in [0, 0.1) is 5.41 Å². The minimum Gasteiger partial charge on any atom is -0.464 e. The smallest absolute Gasteiger partial charge is 0.360 e. The topological polar surface area (TPSA) is 81.4 Å². The average molecular weight is 280 g/mol. The second-order valence-electron chi connectivity index (χ2n) is 5.59. The number of aromatic nitrogens is 1. The van der Waals surface area contributed by atoms with Gasteiger partial charge in [-0.1, -0.05) is 19.8 Å². The summed E-state index contributed by atoms with van der Waals surface area (Å²) >= 11 is 0. The molecule has 0 saturated heterocycles. The van der Waals surface area contributed by atoms with Crippen LogP contribution in [0.3, 0.4) is 0 Å². The lowest BCUT2D eigenvalue weighted by atomic mass is 9.85. The van der Waals surface area contributed by atoms with E-state index in [0.29, 0.717) is 12.2 Å². The number of nitrogens with zero attached hydrogens (tertiary/aromatic N) is 1. The van der Waals surface area contributed by atoms with Crippen LogP contribution in [-0.4, -0.2) is 24.0 Å². The summed E-state index contributed by atoms with van der Waals surface area (Å²) in [6, 6.07) is 0. The van der Waals surface area contributed by atoms with Gasteiger partial charge in [-0.25, -0.2) is 9.78 Å². The van der Waals surface area contributed by atoms with Gasteiger partial charge in [0.2, 0.25) is 5.91 Å². The Kier molecular flexibility index (Phi) is 4.42. The third-order valence-corrected chi connectivity index (χ3v) is 3.86. The first-order valence-corrected chi connectivity index (χ1v) is 6.81. The number of oxazole rings is 1. The van der Waals surface area contributed by atoms with Crippen molar-refractivity contribution >= 4 is 11.9 Å². The number of ether oxygens (including phenoxy) is 1. The highest BCUT2D eigenvalue weighted by molar-refractivity contribution is 5.88. The van der Waals surface area contributed by atoms with Crippen LogP contribution in [0.5, 0.6) is 0 Å². The minimum atomic E-state index is -0.564. The fraction of sp³-hybridized carbons (Fsp3) is 0.643. The molecule has 0 radical (unpaired) electrons. The van der Waals surface area contributed by atoms with Gasteiger partial charge in [-0.2, -0.15) is 0 Å². The first kappa shape index (κ1) is 14.6. The molecule has 1 aliphatic carbocycles. The van der Waals surface area contributed by atoms with Crippen LogP contribution < -0.4 is 5.32 Å². The number of nitrogens with one attached hydrogen (secondary N) is 1. The number of amides is 1. The summed E-state index contributed by atoms with van der Waals surface area (Å²) in [5, 5.41) is 2.78. The number of carbonyl (C=O) groups excluding carboxylic acids is 2. The Balaban J connectivity index is 1.87. The second-order valence-corrected chi connectivity index (χ2v) is 5.59. The van der Waals surface area contributed by atoms with Crippen molar-refractivity contribution in [3.63, 3.8) is 0 Å². The van der Waals surface area contributed by atoms with E-state index in [1.54, 1.807) is 0 Å². The van der Waals surface area contributed by atoms with Gasteiger partial charge in [-0.3, -0.25) is 4.79 Å². The highest BCUT2D eigenvalue weighted by Gasteiger charge is 2.31. The van der Waals surface area contributed by atoms with E-state index in [4.69, 9.17) is 4.42 Å². The Morgan fingerprint density at radius 2 is 2.15 bits per heavy atom. The zero-order valence-corrected chi connectivity index (χ0v) is 11.9. The molecular formula is C14H20N2O4. The fourth-order valence-corrected chi connectivity index (χ4v) is 2.69. The molecule has 0 atom stereocenters. The molecule has 110 valence electrons. The Morgan fingerprint density at radius 1 is 1.45 bits per heavy atom. The monoisotopic (exact) mass is 280 g/mol. The van der Waals surface area contributed by atoms with Crippen molar-refractivity contribution in [1.82, 2.24) is 10.3 Å². The van der Waals surface area contributed by atoms with Crippen LogP contribution in [0.15, 0.2) is 10.8 Å². The van der Waals surface area contributed by atoms with Crippen molar-refractivity contribution in [2.75, 3.05) is 7.11 Å². The molecule has 20 heavy (non-hydrogen) atoms. The van der Waals surface area contributed by atoms with E-state index in [0.717, 1.165) is 12.8 Å². The maximum atomic E-state index is 12.0. The summed E-state index contributed by atoms with van der Waals surface area (Å²) in [5.74, 6) is -0.269. The molecule has 1 heterocycles. The summed E-state index contributed by atoms with van der Waals surface area (Å²) in [6.45, 7) is 2.30. The van der Waals surface area contributed by atoms with Gasteiger partial charge in [0, 0.05) is 6.42 Å². The third kappa shape index (κ3) is 3.37. The maximum Gasteiger partial charge on any atom is 0.360 e. The van der Waals surface area contributed by atoms with E-state index in [9.17, 15) is 9.59 Å². The molecule has 0 spiro atoms. The molecule has 6 nitrogen and oxygen atoms in total. The Hall–Kier alpha value is -1.85. The van der Waals surface area contributed by atoms with Gasteiger partial charge in [-0.15, -0.1) is 0 Å². The summed E-state index contributed by atoms with van der Waals surface area (Å²) in [5.41, 5.74) is 0.219. The number of methoxy groups -OCH3 is 1. The van der Waals surface area contributed by atoms with Gasteiger partial charge >= 0.3 is 5.97 Å². The first-order valence-electron chi connectivity index (χ1n) is 6.81. The average Bonchev–Trinajstić information content (AvgIpc) is 3.04. The first-order chi connectivity index (χ1) is 9.54. The maximum absolute atomic E-state index is 12.0. The van der Waals surface area contributed by atoms with Crippen molar-refractivity contribution in [2.24, 2.45) is 5.41 Å². The van der Waals surface area contributed by atoms with Gasteiger partial charge in [0.25, 0.3) is 0 Å². The van der Waals surface area contributed by atoms with E-state index in [2.05, 4.69) is 22.0 Å². The fourth-order valence-electron chi connectivity index (χ4n) is 2.69. The number of hydrogen-bond acceptors (Lipinski definition) is 5. The van der Waals surface area contributed by atoms with Crippen LogP contribution in [-0.2, 0) is 16.1 Å². The molecule has 2 rings (SSSR count). The molecule has 1 N–H and O–H groups in total. The molecule has 0 aliphatic heterocycles. The zero-order chi connectivity index (χ0) is 14.6. The second kappa shape index (κ2) is 6.07. The van der Waals surface area contributed by atoms with E-state index < -0.39 is 5.97 Å². The van der Waals surface area contributed by atoms with Crippen LogP contribution in [0.1, 0.15) is 55.3 Å². The number of esters is 1. The number of rotatable bonds is 5. The Morgan fingerprint density at radius 3 is 2.80 bits per heavy atom. The SMILES string of the molecule is COC(=O)c1ncoc1CNC(=O)CC1(C)CCCC1. The number of hydrogen-bond donors (Lipinski definition) is 1. The zero-order valence-electron chi connectivity index (χ0n) is 11.9. The molecule has 0 aromatic carbocycles. The summed E-state index contributed by atoms with van der Waals surface area (Å²) in [7, 11) is 1.28. The molecule has 1 aromatic heterocycles. The minimum absolute atomic E-state index is 0.0263. The molecule has 1 aromatic rings. The summed E-state index contributed by atoms with van der Waals surface area (Å²) in [6.07, 6.45) is 6.25. The standard InChI is InChI=1S/C14H20N2O4/c1-14(5-3-4-6-14)7-11(17)15-8-10-12(13(18)19-2)16-9-20-10/h9H,3-8H2,1-2H3,(H,15,17). The summed E-state index contributed by atoms with van der Waals surface area (Å²) < 4.78 is 9.70. The molecule has 1 saturated carbocycles. The van der Waals surface area contributed by atoms with Crippen LogP contribution in [0.2, 0.25) is 0 Å². The largest absolute Gasteiger partial charge is 0.464 e. The lowest BCUT2D eigenvalue weighted by molar-refractivity contribution is -0.123. The highest BCUT2D eigenvalue weighted by Crippen LogP contribution is 2.40. The van der Waals surface area contributed by atoms with E-state index >= 15 is 0 Å². The highest BCUT2D eigenvalue weighted by atomic mass is 16.5. The van der Waals surface area contributed by atoms with E-state index in [1.807, 2.05) is 0 Å². The van der Waals surface area contributed by atoms with Gasteiger partial charge in [-0.05, 0) is 18.3 Å². The Labute approximate surface area is 117 Å². The third-order valence-electron chi connectivity index (χ3n) is 3.86. The number of carbonyl (C=O) groups is 2. The Bertz CT molecular complexity index is 489. The lowest BCUT2D eigenvalue weighted by Gasteiger charge is -2.22. The molecule has 1 aliphatic rings. The van der Waals surface area contributed by atoms with Gasteiger partial charge < -0.3 is 14.5 Å². The normalized spacial score (nSPS) is 16.9. The molecule has 1 amide bonds. The molecular weight excluding hydrogens is 260 g/mol. The van der Waals surface area contributed by atoms with Crippen molar-refractivity contribution < 1.29 is 18.7 Å². The predicted molar refractivity (Wildman–Crippen MR) is 70.9 cm³/mol. The molecule has 0 bridgehead atoms. The van der Waals surface area contributed by atoms with Crippen LogP contribution in [0.4, 0.5) is 0 Å². The van der Waals surface area contributed by atoms with Crippen molar-refractivity contribution in [2.45, 2.75) is 45.6 Å². The lowest BCUT2D eigenvalue weighted by Crippen LogP contribution is -2.29. The van der Waals surface area contributed by atoms with E-state index in [-0.39, 0.29) is 23.6 Å². The molecule has 0 unspecified atom stereocenters. The van der Waals surface area contributed by atoms with E-state index in [1.165, 1.54) is 26.3 Å². The summed E-state index contributed by atoms with van der Waals surface area (Å²) in [4.78, 5) is 27.2. The van der Waals surface area contributed by atoms with Gasteiger partial charge in [0.1, 0.15) is 0 Å².